The van der Waals surface area contributed by atoms with E-state index in [0.29, 0.717) is 18.5 Å². The van der Waals surface area contributed by atoms with Crippen molar-refractivity contribution >= 4 is 17.3 Å². The molecule has 0 atom stereocenters. The van der Waals surface area contributed by atoms with Crippen LogP contribution in [0.25, 0.3) is 0 Å². The minimum atomic E-state index is -0.337. The maximum absolute atomic E-state index is 13.7. The lowest BCUT2D eigenvalue weighted by Crippen LogP contribution is -2.46. The third kappa shape index (κ3) is 3.76. The smallest absolute Gasteiger partial charge is 0.231 e. The summed E-state index contributed by atoms with van der Waals surface area (Å²) in [5.41, 5.74) is 2.49. The van der Waals surface area contributed by atoms with E-state index in [1.807, 2.05) is 12.1 Å². The molecule has 0 N–H and O–H groups in total. The van der Waals surface area contributed by atoms with E-state index in [-0.39, 0.29) is 17.8 Å². The van der Waals surface area contributed by atoms with E-state index in [1.54, 1.807) is 17.0 Å². The van der Waals surface area contributed by atoms with Gasteiger partial charge in [0.25, 0.3) is 0 Å². The molecule has 0 spiro atoms. The third-order valence-corrected chi connectivity index (χ3v) is 6.59. The molecule has 0 unspecified atom stereocenters. The predicted molar refractivity (Wildman–Crippen MR) is 111 cm³/mol. The molecular weight excluding hydrogens is 367 g/mol. The molecule has 0 radical (unpaired) electrons. The van der Waals surface area contributed by atoms with Crippen LogP contribution in [-0.2, 0) is 11.2 Å². The molecule has 2 heterocycles. The van der Waals surface area contributed by atoms with Crippen molar-refractivity contribution in [2.75, 3.05) is 18.0 Å². The first-order valence-corrected chi connectivity index (χ1v) is 10.8. The molecule has 5 rings (SSSR count). The Labute approximate surface area is 171 Å². The highest BCUT2D eigenvalue weighted by Gasteiger charge is 2.30. The number of halogens is 1. The van der Waals surface area contributed by atoms with Crippen LogP contribution >= 0.6 is 0 Å². The van der Waals surface area contributed by atoms with Gasteiger partial charge in [0.05, 0.1) is 11.4 Å². The number of ether oxygens (including phenoxy) is 1. The van der Waals surface area contributed by atoms with Gasteiger partial charge in [-0.25, -0.2) is 4.39 Å². The van der Waals surface area contributed by atoms with Crippen LogP contribution in [0, 0.1) is 5.82 Å². The number of anilines is 2. The van der Waals surface area contributed by atoms with E-state index >= 15 is 0 Å². The lowest BCUT2D eigenvalue weighted by atomic mass is 9.90. The molecule has 1 saturated heterocycles. The summed E-state index contributed by atoms with van der Waals surface area (Å²) in [5.74, 6) is 0.537. The maximum atomic E-state index is 13.7. The Morgan fingerprint density at radius 3 is 2.52 bits per heavy atom. The monoisotopic (exact) mass is 394 g/mol. The van der Waals surface area contributed by atoms with Crippen molar-refractivity contribution in [2.45, 2.75) is 57.1 Å². The molecule has 4 nitrogen and oxygen atoms in total. The molecule has 1 amide bonds. The quantitative estimate of drug-likeness (QED) is 0.744. The number of hydrogen-bond acceptors (Lipinski definition) is 3. The number of aryl methyl sites for hydroxylation is 1. The Morgan fingerprint density at radius 2 is 1.79 bits per heavy atom. The zero-order valence-electron chi connectivity index (χ0n) is 16.6. The molecule has 152 valence electrons. The topological polar surface area (TPSA) is 32.8 Å². The standard InChI is InChI=1S/C24H27FN2O2/c25-18-3-1-6-20(16-18)27-23-9-8-22(15-17(23)7-10-24(27)28)29-21-11-13-26(14-12-21)19-4-2-5-19/h1,3,6,8-9,15-16,19,21H,2,4-5,7,10-14H2. The minimum absolute atomic E-state index is 0.000125. The lowest BCUT2D eigenvalue weighted by Gasteiger charge is -2.41. The van der Waals surface area contributed by atoms with Gasteiger partial charge >= 0.3 is 0 Å². The zero-order valence-corrected chi connectivity index (χ0v) is 16.6. The Bertz CT molecular complexity index is 904. The van der Waals surface area contributed by atoms with Gasteiger partial charge in [-0.3, -0.25) is 9.69 Å². The average molecular weight is 394 g/mol. The van der Waals surface area contributed by atoms with E-state index in [9.17, 15) is 9.18 Å². The van der Waals surface area contributed by atoms with E-state index in [4.69, 9.17) is 4.74 Å². The van der Waals surface area contributed by atoms with Crippen LogP contribution < -0.4 is 9.64 Å². The molecule has 0 bridgehead atoms. The lowest BCUT2D eigenvalue weighted by molar-refractivity contribution is -0.118. The van der Waals surface area contributed by atoms with E-state index in [2.05, 4.69) is 11.0 Å². The number of carbonyl (C=O) groups is 1. The molecule has 3 aliphatic rings. The Hall–Kier alpha value is -2.40. The van der Waals surface area contributed by atoms with Crippen LogP contribution in [-0.4, -0.2) is 36.0 Å². The number of fused-ring (bicyclic) bond motifs is 1. The van der Waals surface area contributed by atoms with Crippen molar-refractivity contribution in [1.29, 1.82) is 0 Å². The van der Waals surface area contributed by atoms with Crippen molar-refractivity contribution in [3.63, 3.8) is 0 Å². The first-order valence-electron chi connectivity index (χ1n) is 10.8. The van der Waals surface area contributed by atoms with Crippen LogP contribution in [0.4, 0.5) is 15.8 Å². The van der Waals surface area contributed by atoms with Gasteiger partial charge in [-0.2, -0.15) is 0 Å². The van der Waals surface area contributed by atoms with E-state index < -0.39 is 0 Å². The highest BCUT2D eigenvalue weighted by atomic mass is 19.1. The molecule has 1 aliphatic carbocycles. The Balaban J connectivity index is 1.30. The Kier molecular flexibility index (Phi) is 5.00. The number of amides is 1. The van der Waals surface area contributed by atoms with Crippen molar-refractivity contribution in [3.8, 4) is 5.75 Å². The summed E-state index contributed by atoms with van der Waals surface area (Å²) in [6.07, 6.45) is 7.61. The van der Waals surface area contributed by atoms with Gasteiger partial charge in [-0.1, -0.05) is 12.5 Å². The predicted octanol–water partition coefficient (Wildman–Crippen LogP) is 4.83. The summed E-state index contributed by atoms with van der Waals surface area (Å²) < 4.78 is 20.0. The average Bonchev–Trinajstić information content (AvgIpc) is 2.68. The fourth-order valence-electron chi connectivity index (χ4n) is 4.74. The van der Waals surface area contributed by atoms with Crippen LogP contribution in [0.2, 0.25) is 0 Å². The van der Waals surface area contributed by atoms with E-state index in [0.717, 1.165) is 49.0 Å². The van der Waals surface area contributed by atoms with Crippen molar-refractivity contribution in [3.05, 3.63) is 53.8 Å². The number of likely N-dealkylation sites (tertiary alicyclic amines) is 1. The SMILES string of the molecule is O=C1CCc2cc(OC3CCN(C4CCC4)CC3)ccc2N1c1cccc(F)c1. The third-order valence-electron chi connectivity index (χ3n) is 6.59. The normalized spacial score (nSPS) is 21.0. The van der Waals surface area contributed by atoms with Gasteiger partial charge in [0.15, 0.2) is 0 Å². The van der Waals surface area contributed by atoms with Gasteiger partial charge in [0, 0.05) is 25.6 Å². The van der Waals surface area contributed by atoms with Crippen molar-refractivity contribution < 1.29 is 13.9 Å². The number of hydrogen-bond donors (Lipinski definition) is 0. The number of carbonyl (C=O) groups excluding carboxylic acids is 1. The summed E-state index contributed by atoms with van der Waals surface area (Å²) in [6.45, 7) is 2.25. The molecule has 1 saturated carbocycles. The second-order valence-electron chi connectivity index (χ2n) is 8.44. The molecular formula is C24H27FN2O2. The summed E-state index contributed by atoms with van der Waals surface area (Å²) in [5, 5.41) is 0. The fourth-order valence-corrected chi connectivity index (χ4v) is 4.74. The fraction of sp³-hybridized carbons (Fsp3) is 0.458. The summed E-state index contributed by atoms with van der Waals surface area (Å²) >= 11 is 0. The van der Waals surface area contributed by atoms with Crippen molar-refractivity contribution in [1.82, 2.24) is 4.90 Å². The highest BCUT2D eigenvalue weighted by Crippen LogP contribution is 2.37. The zero-order chi connectivity index (χ0) is 19.8. The summed E-state index contributed by atoms with van der Waals surface area (Å²) in [4.78, 5) is 16.8. The van der Waals surface area contributed by atoms with Gasteiger partial charge in [0.1, 0.15) is 17.7 Å². The Morgan fingerprint density at radius 1 is 0.966 bits per heavy atom. The number of piperidine rings is 1. The minimum Gasteiger partial charge on any atom is -0.490 e. The molecule has 2 aliphatic heterocycles. The largest absolute Gasteiger partial charge is 0.490 e. The van der Waals surface area contributed by atoms with Crippen molar-refractivity contribution in [2.24, 2.45) is 0 Å². The van der Waals surface area contributed by atoms with Crippen LogP contribution in [0.3, 0.4) is 0 Å². The van der Waals surface area contributed by atoms with Gasteiger partial charge in [-0.15, -0.1) is 0 Å². The van der Waals surface area contributed by atoms with Gasteiger partial charge < -0.3 is 9.64 Å². The maximum Gasteiger partial charge on any atom is 0.231 e. The molecule has 2 aromatic rings. The van der Waals surface area contributed by atoms with Gasteiger partial charge in [0.2, 0.25) is 5.91 Å². The highest BCUT2D eigenvalue weighted by molar-refractivity contribution is 6.03. The number of nitrogens with zero attached hydrogens (tertiary/aromatic N) is 2. The second-order valence-corrected chi connectivity index (χ2v) is 8.44. The second kappa shape index (κ2) is 7.79. The molecule has 2 fully saturated rings. The first kappa shape index (κ1) is 18.6. The van der Waals surface area contributed by atoms with Crippen LogP contribution in [0.15, 0.2) is 42.5 Å². The van der Waals surface area contributed by atoms with E-state index in [1.165, 1.54) is 31.4 Å². The number of benzene rings is 2. The molecule has 0 aromatic heterocycles. The first-order chi connectivity index (χ1) is 14.2. The molecule has 5 heteroatoms. The summed E-state index contributed by atoms with van der Waals surface area (Å²) in [7, 11) is 0. The van der Waals surface area contributed by atoms with Gasteiger partial charge in [-0.05, 0) is 74.1 Å². The number of rotatable bonds is 4. The summed E-state index contributed by atoms with van der Waals surface area (Å²) in [6, 6.07) is 13.0. The van der Waals surface area contributed by atoms with Crippen LogP contribution in [0.1, 0.15) is 44.1 Å². The van der Waals surface area contributed by atoms with Crippen LogP contribution in [0.5, 0.6) is 5.75 Å². The molecule has 2 aromatic carbocycles. The molecule has 29 heavy (non-hydrogen) atoms.